The largest absolute Gasteiger partial charge is 0.357 e. The van der Waals surface area contributed by atoms with Crippen molar-refractivity contribution in [3.8, 4) is 0 Å². The third kappa shape index (κ3) is 6.54. The molecular weight excluding hydrogens is 320 g/mol. The fraction of sp³-hybridized carbons (Fsp3) is 0.889. The average molecular weight is 355 g/mol. The summed E-state index contributed by atoms with van der Waals surface area (Å²) in [5.41, 5.74) is 0. The molecule has 24 heavy (non-hydrogen) atoms. The van der Waals surface area contributed by atoms with Crippen molar-refractivity contribution in [2.24, 2.45) is 10.9 Å². The van der Waals surface area contributed by atoms with E-state index in [4.69, 9.17) is 4.99 Å². The number of guanidine groups is 1. The van der Waals surface area contributed by atoms with E-state index in [1.165, 1.54) is 37.9 Å². The highest BCUT2D eigenvalue weighted by Crippen LogP contribution is 2.27. The lowest BCUT2D eigenvalue weighted by molar-refractivity contribution is -0.121. The van der Waals surface area contributed by atoms with Crippen molar-refractivity contribution in [3.63, 3.8) is 0 Å². The molecule has 6 heteroatoms. The minimum Gasteiger partial charge on any atom is -0.357 e. The van der Waals surface area contributed by atoms with E-state index in [0.29, 0.717) is 30.7 Å². The quantitative estimate of drug-likeness (QED) is 0.419. The Hall–Kier alpha value is -0.910. The zero-order valence-corrected chi connectivity index (χ0v) is 16.2. The summed E-state index contributed by atoms with van der Waals surface area (Å²) in [6.07, 6.45) is 6.94. The molecule has 1 atom stereocenters. The number of rotatable bonds is 7. The molecule has 2 N–H and O–H groups in total. The summed E-state index contributed by atoms with van der Waals surface area (Å²) in [6.45, 7) is 8.66. The molecule has 2 aliphatic rings. The van der Waals surface area contributed by atoms with Gasteiger partial charge in [0.1, 0.15) is 0 Å². The van der Waals surface area contributed by atoms with Crippen LogP contribution in [0.25, 0.3) is 0 Å². The van der Waals surface area contributed by atoms with Gasteiger partial charge in [0.15, 0.2) is 5.96 Å². The highest BCUT2D eigenvalue weighted by Gasteiger charge is 2.21. The predicted octanol–water partition coefficient (Wildman–Crippen LogP) is 2.48. The van der Waals surface area contributed by atoms with Gasteiger partial charge in [0.05, 0.1) is 6.54 Å². The lowest BCUT2D eigenvalue weighted by atomic mass is 10.0. The highest BCUT2D eigenvalue weighted by atomic mass is 32.2. The Morgan fingerprint density at radius 2 is 2.04 bits per heavy atom. The van der Waals surface area contributed by atoms with Crippen LogP contribution in [0, 0.1) is 5.92 Å². The SMILES string of the molecule is CCNC(=NCCNC(=O)CC1CCCC1)N1CCSC(CC)C1. The van der Waals surface area contributed by atoms with Crippen LogP contribution in [0.5, 0.6) is 0 Å². The van der Waals surface area contributed by atoms with Gasteiger partial charge in [-0.1, -0.05) is 19.8 Å². The van der Waals surface area contributed by atoms with Crippen molar-refractivity contribution < 1.29 is 4.79 Å². The van der Waals surface area contributed by atoms with Crippen molar-refractivity contribution >= 4 is 23.6 Å². The second-order valence-corrected chi connectivity index (χ2v) is 8.20. The van der Waals surface area contributed by atoms with E-state index in [2.05, 4.69) is 41.1 Å². The lowest BCUT2D eigenvalue weighted by Gasteiger charge is -2.34. The molecule has 1 saturated carbocycles. The summed E-state index contributed by atoms with van der Waals surface area (Å²) >= 11 is 2.07. The normalized spacial score (nSPS) is 22.7. The average Bonchev–Trinajstić information content (AvgIpc) is 3.10. The molecule has 1 amide bonds. The number of amides is 1. The molecular formula is C18H34N4OS. The van der Waals surface area contributed by atoms with Crippen LogP contribution >= 0.6 is 11.8 Å². The van der Waals surface area contributed by atoms with Crippen molar-refractivity contribution in [2.75, 3.05) is 38.5 Å². The monoisotopic (exact) mass is 354 g/mol. The first-order chi connectivity index (χ1) is 11.7. The number of nitrogens with zero attached hydrogens (tertiary/aromatic N) is 2. The molecule has 1 aliphatic carbocycles. The maximum Gasteiger partial charge on any atom is 0.220 e. The molecule has 1 saturated heterocycles. The number of nitrogens with one attached hydrogen (secondary N) is 2. The molecule has 2 fully saturated rings. The highest BCUT2D eigenvalue weighted by molar-refractivity contribution is 8.00. The fourth-order valence-corrected chi connectivity index (χ4v) is 4.67. The van der Waals surface area contributed by atoms with Crippen LogP contribution in [0.4, 0.5) is 0 Å². The van der Waals surface area contributed by atoms with Crippen molar-refractivity contribution in [1.29, 1.82) is 0 Å². The number of thioether (sulfide) groups is 1. The van der Waals surface area contributed by atoms with Crippen LogP contribution in [-0.2, 0) is 4.79 Å². The van der Waals surface area contributed by atoms with Gasteiger partial charge in [-0.25, -0.2) is 0 Å². The third-order valence-corrected chi connectivity index (χ3v) is 6.24. The van der Waals surface area contributed by atoms with Gasteiger partial charge in [-0.05, 0) is 32.1 Å². The first kappa shape index (κ1) is 19.4. The number of aliphatic imine (C=N–C) groups is 1. The van der Waals surface area contributed by atoms with E-state index >= 15 is 0 Å². The van der Waals surface area contributed by atoms with E-state index in [0.717, 1.165) is 25.6 Å². The molecule has 5 nitrogen and oxygen atoms in total. The van der Waals surface area contributed by atoms with Crippen LogP contribution in [-0.4, -0.2) is 60.5 Å². The Balaban J connectivity index is 1.72. The summed E-state index contributed by atoms with van der Waals surface area (Å²) in [5.74, 6) is 2.98. The number of carbonyl (C=O) groups excluding carboxylic acids is 1. The van der Waals surface area contributed by atoms with Gasteiger partial charge in [0.2, 0.25) is 5.91 Å². The Bertz CT molecular complexity index is 410. The first-order valence-electron chi connectivity index (χ1n) is 9.64. The van der Waals surface area contributed by atoms with E-state index in [-0.39, 0.29) is 5.91 Å². The summed E-state index contributed by atoms with van der Waals surface area (Å²) in [5, 5.41) is 7.13. The minimum atomic E-state index is 0.197. The Morgan fingerprint density at radius 3 is 2.75 bits per heavy atom. The van der Waals surface area contributed by atoms with Gasteiger partial charge in [-0.2, -0.15) is 11.8 Å². The molecule has 0 aromatic rings. The van der Waals surface area contributed by atoms with Gasteiger partial charge in [-0.3, -0.25) is 9.79 Å². The van der Waals surface area contributed by atoms with Crippen molar-refractivity contribution in [2.45, 2.75) is 57.6 Å². The van der Waals surface area contributed by atoms with Crippen LogP contribution in [0.3, 0.4) is 0 Å². The van der Waals surface area contributed by atoms with Gasteiger partial charge in [0.25, 0.3) is 0 Å². The molecule has 1 heterocycles. The number of hydrogen-bond donors (Lipinski definition) is 2. The Kier molecular flexibility index (Phi) is 8.78. The van der Waals surface area contributed by atoms with Gasteiger partial charge in [0, 0.05) is 43.6 Å². The van der Waals surface area contributed by atoms with Crippen molar-refractivity contribution in [1.82, 2.24) is 15.5 Å². The topological polar surface area (TPSA) is 56.7 Å². The molecule has 0 bridgehead atoms. The smallest absolute Gasteiger partial charge is 0.220 e. The molecule has 0 radical (unpaired) electrons. The molecule has 0 aromatic carbocycles. The number of carbonyl (C=O) groups is 1. The van der Waals surface area contributed by atoms with Crippen LogP contribution in [0.2, 0.25) is 0 Å². The van der Waals surface area contributed by atoms with E-state index in [9.17, 15) is 4.79 Å². The van der Waals surface area contributed by atoms with Crippen molar-refractivity contribution in [3.05, 3.63) is 0 Å². The van der Waals surface area contributed by atoms with Crippen LogP contribution in [0.1, 0.15) is 52.4 Å². The Morgan fingerprint density at radius 1 is 1.25 bits per heavy atom. The standard InChI is InChI=1S/C18H34N4OS/c1-3-16-14-22(11-12-24-16)18(19-4-2)21-10-9-20-17(23)13-15-7-5-6-8-15/h15-16H,3-14H2,1-2H3,(H,19,21)(H,20,23). The summed E-state index contributed by atoms with van der Waals surface area (Å²) in [7, 11) is 0. The van der Waals surface area contributed by atoms with Gasteiger partial charge >= 0.3 is 0 Å². The zero-order chi connectivity index (χ0) is 17.2. The molecule has 2 rings (SSSR count). The summed E-state index contributed by atoms with van der Waals surface area (Å²) in [4.78, 5) is 19.1. The molecule has 0 aromatic heterocycles. The summed E-state index contributed by atoms with van der Waals surface area (Å²) in [6, 6.07) is 0. The van der Waals surface area contributed by atoms with Gasteiger partial charge in [-0.15, -0.1) is 0 Å². The Labute approximate surface area is 151 Å². The first-order valence-corrected chi connectivity index (χ1v) is 10.7. The maximum atomic E-state index is 12.0. The predicted molar refractivity (Wildman–Crippen MR) is 104 cm³/mol. The molecule has 138 valence electrons. The molecule has 0 spiro atoms. The second kappa shape index (κ2) is 10.9. The zero-order valence-electron chi connectivity index (χ0n) is 15.4. The lowest BCUT2D eigenvalue weighted by Crippen LogP contribution is -2.48. The minimum absolute atomic E-state index is 0.197. The second-order valence-electron chi connectivity index (χ2n) is 6.79. The maximum absolute atomic E-state index is 12.0. The van der Waals surface area contributed by atoms with Gasteiger partial charge < -0.3 is 15.5 Å². The van der Waals surface area contributed by atoms with E-state index in [1.54, 1.807) is 0 Å². The summed E-state index contributed by atoms with van der Waals surface area (Å²) < 4.78 is 0. The van der Waals surface area contributed by atoms with E-state index < -0.39 is 0 Å². The van der Waals surface area contributed by atoms with Crippen LogP contribution < -0.4 is 10.6 Å². The van der Waals surface area contributed by atoms with E-state index in [1.807, 2.05) is 0 Å². The number of hydrogen-bond acceptors (Lipinski definition) is 3. The molecule has 1 unspecified atom stereocenters. The third-order valence-electron chi connectivity index (χ3n) is 4.87. The van der Waals surface area contributed by atoms with Crippen LogP contribution in [0.15, 0.2) is 4.99 Å². The molecule has 1 aliphatic heterocycles. The fourth-order valence-electron chi connectivity index (χ4n) is 3.49.